The molecule has 0 aliphatic carbocycles. The number of benzene rings is 1. The maximum absolute atomic E-state index is 11.6. The third kappa shape index (κ3) is 5.46. The second kappa shape index (κ2) is 9.61. The van der Waals surface area contributed by atoms with E-state index < -0.39 is 6.10 Å². The van der Waals surface area contributed by atoms with Crippen molar-refractivity contribution in [1.29, 1.82) is 0 Å². The smallest absolute Gasteiger partial charge is 0.250 e. The Labute approximate surface area is 119 Å². The molecule has 0 saturated carbocycles. The number of halogens is 1. The first kappa shape index (κ1) is 17.7. The van der Waals surface area contributed by atoms with E-state index in [4.69, 9.17) is 15.2 Å². The van der Waals surface area contributed by atoms with Crippen molar-refractivity contribution in [2.45, 2.75) is 12.5 Å². The highest BCUT2D eigenvalue weighted by molar-refractivity contribution is 5.85. The molecule has 1 atom stereocenters. The van der Waals surface area contributed by atoms with Gasteiger partial charge < -0.3 is 20.5 Å². The lowest BCUT2D eigenvalue weighted by Crippen LogP contribution is -2.41. The third-order valence-electron chi connectivity index (χ3n) is 2.68. The number of amides is 1. The van der Waals surface area contributed by atoms with Crippen LogP contribution in [-0.4, -0.2) is 39.3 Å². The molecule has 0 saturated heterocycles. The minimum Gasteiger partial charge on any atom is -0.496 e. The van der Waals surface area contributed by atoms with Gasteiger partial charge in [0.25, 0.3) is 0 Å². The van der Waals surface area contributed by atoms with Crippen LogP contribution in [0.3, 0.4) is 0 Å². The Balaban J connectivity index is 0.00000324. The molecule has 0 aliphatic heterocycles. The Bertz CT molecular complexity index is 384. The van der Waals surface area contributed by atoms with Crippen molar-refractivity contribution in [1.82, 2.24) is 5.32 Å². The van der Waals surface area contributed by atoms with E-state index in [2.05, 4.69) is 5.32 Å². The highest BCUT2D eigenvalue weighted by atomic mass is 35.5. The average molecular weight is 289 g/mol. The molecule has 19 heavy (non-hydrogen) atoms. The summed E-state index contributed by atoms with van der Waals surface area (Å²) in [6.45, 7) is 0.704. The molecule has 3 N–H and O–H groups in total. The first-order valence-electron chi connectivity index (χ1n) is 5.85. The second-order valence-electron chi connectivity index (χ2n) is 3.81. The second-order valence-corrected chi connectivity index (χ2v) is 3.81. The van der Waals surface area contributed by atoms with E-state index in [0.717, 1.165) is 11.3 Å². The van der Waals surface area contributed by atoms with Gasteiger partial charge in [0.15, 0.2) is 0 Å². The number of carbonyl (C=O) groups excluding carboxylic acids is 1. The van der Waals surface area contributed by atoms with Crippen molar-refractivity contribution in [2.75, 3.05) is 27.3 Å². The van der Waals surface area contributed by atoms with Gasteiger partial charge in [0.05, 0.1) is 7.11 Å². The summed E-state index contributed by atoms with van der Waals surface area (Å²) in [4.78, 5) is 11.6. The monoisotopic (exact) mass is 288 g/mol. The normalized spacial score (nSPS) is 11.3. The number of hydrogen-bond acceptors (Lipinski definition) is 4. The van der Waals surface area contributed by atoms with Gasteiger partial charge in [-0.3, -0.25) is 4.79 Å². The molecule has 108 valence electrons. The molecule has 5 nitrogen and oxygen atoms in total. The summed E-state index contributed by atoms with van der Waals surface area (Å²) in [5.41, 5.74) is 6.46. The lowest BCUT2D eigenvalue weighted by molar-refractivity contribution is -0.130. The summed E-state index contributed by atoms with van der Waals surface area (Å²) < 4.78 is 10.2. The first-order chi connectivity index (χ1) is 8.72. The predicted octanol–water partition coefficient (Wildman–Crippen LogP) is 0.749. The van der Waals surface area contributed by atoms with Crippen LogP contribution in [0, 0.1) is 0 Å². The maximum Gasteiger partial charge on any atom is 0.250 e. The van der Waals surface area contributed by atoms with Gasteiger partial charge in [-0.25, -0.2) is 0 Å². The van der Waals surface area contributed by atoms with Crippen LogP contribution >= 0.6 is 12.4 Å². The van der Waals surface area contributed by atoms with Crippen LogP contribution in [0.5, 0.6) is 5.75 Å². The van der Waals surface area contributed by atoms with E-state index in [9.17, 15) is 4.79 Å². The van der Waals surface area contributed by atoms with Crippen molar-refractivity contribution in [3.8, 4) is 5.75 Å². The molecular formula is C13H21ClN2O3. The Hall–Kier alpha value is -1.30. The zero-order chi connectivity index (χ0) is 13.4. The molecule has 0 spiro atoms. The molecule has 0 fully saturated rings. The number of nitrogens with two attached hydrogens (primary N) is 1. The van der Waals surface area contributed by atoms with Gasteiger partial charge in [-0.2, -0.15) is 0 Å². The minimum atomic E-state index is -0.581. The Morgan fingerprint density at radius 2 is 2.05 bits per heavy atom. The lowest BCUT2D eigenvalue weighted by Gasteiger charge is -2.13. The van der Waals surface area contributed by atoms with Crippen LogP contribution < -0.4 is 15.8 Å². The molecule has 1 amide bonds. The number of hydrogen-bond donors (Lipinski definition) is 2. The van der Waals surface area contributed by atoms with Gasteiger partial charge in [0, 0.05) is 20.2 Å². The number of ether oxygens (including phenoxy) is 2. The summed E-state index contributed by atoms with van der Waals surface area (Å²) in [7, 11) is 3.10. The van der Waals surface area contributed by atoms with Crippen molar-refractivity contribution in [2.24, 2.45) is 5.73 Å². The summed E-state index contributed by atoms with van der Waals surface area (Å²) in [6, 6.07) is 7.73. The van der Waals surface area contributed by atoms with Crippen LogP contribution in [0.1, 0.15) is 5.56 Å². The van der Waals surface area contributed by atoms with Crippen molar-refractivity contribution < 1.29 is 14.3 Å². The first-order valence-corrected chi connectivity index (χ1v) is 5.85. The SMILES string of the molecule is COc1ccccc1CCNC(=O)C(CN)OC.Cl. The van der Waals surface area contributed by atoms with Gasteiger partial charge in [-0.15, -0.1) is 12.4 Å². The molecule has 6 heteroatoms. The molecule has 0 aliphatic rings. The van der Waals surface area contributed by atoms with Crippen LogP contribution in [0.25, 0.3) is 0 Å². The molecule has 0 heterocycles. The van der Waals surface area contributed by atoms with Crippen LogP contribution in [-0.2, 0) is 16.0 Å². The largest absolute Gasteiger partial charge is 0.496 e. The lowest BCUT2D eigenvalue weighted by atomic mass is 10.1. The van der Waals surface area contributed by atoms with Crippen molar-refractivity contribution >= 4 is 18.3 Å². The number of nitrogens with one attached hydrogen (secondary N) is 1. The third-order valence-corrected chi connectivity index (χ3v) is 2.68. The Morgan fingerprint density at radius 3 is 2.63 bits per heavy atom. The van der Waals surface area contributed by atoms with Crippen LogP contribution in [0.4, 0.5) is 0 Å². The molecule has 1 aromatic rings. The quantitative estimate of drug-likeness (QED) is 0.776. The molecular weight excluding hydrogens is 268 g/mol. The van der Waals surface area contributed by atoms with Crippen LogP contribution in [0.15, 0.2) is 24.3 Å². The Morgan fingerprint density at radius 1 is 1.37 bits per heavy atom. The van der Waals surface area contributed by atoms with Gasteiger partial charge in [0.1, 0.15) is 11.9 Å². The van der Waals surface area contributed by atoms with Crippen molar-refractivity contribution in [3.05, 3.63) is 29.8 Å². The molecule has 0 radical (unpaired) electrons. The van der Waals surface area contributed by atoms with E-state index in [-0.39, 0.29) is 24.9 Å². The zero-order valence-corrected chi connectivity index (χ0v) is 12.0. The fraction of sp³-hybridized carbons (Fsp3) is 0.462. The average Bonchev–Trinajstić information content (AvgIpc) is 2.40. The summed E-state index contributed by atoms with van der Waals surface area (Å²) in [5, 5.41) is 2.78. The fourth-order valence-corrected chi connectivity index (χ4v) is 1.65. The van der Waals surface area contributed by atoms with E-state index >= 15 is 0 Å². The fourth-order valence-electron chi connectivity index (χ4n) is 1.65. The van der Waals surface area contributed by atoms with Crippen LogP contribution in [0.2, 0.25) is 0 Å². The zero-order valence-electron chi connectivity index (χ0n) is 11.2. The standard InChI is InChI=1S/C13H20N2O3.ClH/c1-17-11-6-4-3-5-10(11)7-8-15-13(16)12(9-14)18-2;/h3-6,12H,7-9,14H2,1-2H3,(H,15,16);1H. The molecule has 1 rings (SSSR count). The Kier molecular flexibility index (Phi) is 8.95. The van der Waals surface area contributed by atoms with E-state index in [1.807, 2.05) is 24.3 Å². The topological polar surface area (TPSA) is 73.6 Å². The van der Waals surface area contributed by atoms with Crippen molar-refractivity contribution in [3.63, 3.8) is 0 Å². The van der Waals surface area contributed by atoms with Gasteiger partial charge in [-0.1, -0.05) is 18.2 Å². The molecule has 0 aromatic heterocycles. The number of para-hydroxylation sites is 1. The summed E-state index contributed by atoms with van der Waals surface area (Å²) in [5.74, 6) is 0.642. The van der Waals surface area contributed by atoms with Gasteiger partial charge >= 0.3 is 0 Å². The number of methoxy groups -OCH3 is 2. The maximum atomic E-state index is 11.6. The highest BCUT2D eigenvalue weighted by Gasteiger charge is 2.14. The summed E-state index contributed by atoms with van der Waals surface area (Å²) >= 11 is 0. The number of rotatable bonds is 7. The summed E-state index contributed by atoms with van der Waals surface area (Å²) in [6.07, 6.45) is 0.124. The molecule has 0 bridgehead atoms. The molecule has 1 unspecified atom stereocenters. The van der Waals surface area contributed by atoms with E-state index in [1.54, 1.807) is 7.11 Å². The predicted molar refractivity (Wildman–Crippen MR) is 76.8 cm³/mol. The number of carbonyl (C=O) groups is 1. The van der Waals surface area contributed by atoms with E-state index in [0.29, 0.717) is 13.0 Å². The van der Waals surface area contributed by atoms with Gasteiger partial charge in [0.2, 0.25) is 5.91 Å². The van der Waals surface area contributed by atoms with E-state index in [1.165, 1.54) is 7.11 Å². The van der Waals surface area contributed by atoms with Gasteiger partial charge in [-0.05, 0) is 18.1 Å². The minimum absolute atomic E-state index is 0. The molecule has 1 aromatic carbocycles. The highest BCUT2D eigenvalue weighted by Crippen LogP contribution is 2.17.